The van der Waals surface area contributed by atoms with Gasteiger partial charge in [-0.1, -0.05) is 0 Å². The van der Waals surface area contributed by atoms with Crippen LogP contribution >= 0.6 is 24.8 Å². The molecule has 0 spiro atoms. The van der Waals surface area contributed by atoms with Crippen LogP contribution in [0.5, 0.6) is 0 Å². The van der Waals surface area contributed by atoms with Crippen LogP contribution in [0.25, 0.3) is 11.1 Å². The van der Waals surface area contributed by atoms with E-state index in [1.807, 2.05) is 0 Å². The Hall–Kier alpha value is -0.933. The molecule has 2 aliphatic carbocycles. The van der Waals surface area contributed by atoms with Crippen LogP contribution < -0.4 is 0 Å². The molecule has 0 aromatic heterocycles. The van der Waals surface area contributed by atoms with Crippen LogP contribution in [0.15, 0.2) is 91.6 Å². The van der Waals surface area contributed by atoms with E-state index >= 15 is 0 Å². The van der Waals surface area contributed by atoms with E-state index in [0.29, 0.717) is 0 Å². The fourth-order valence-corrected chi connectivity index (χ4v) is 19.4. The Bertz CT molecular complexity index is 959. The topological polar surface area (TPSA) is 0 Å². The molecule has 0 saturated carbocycles. The first-order valence-electron chi connectivity index (χ1n) is 9.43. The molecule has 2 aromatic carbocycles. The van der Waals surface area contributed by atoms with E-state index in [2.05, 4.69) is 101 Å². The van der Waals surface area contributed by atoms with Crippen molar-refractivity contribution in [2.45, 2.75) is 22.2 Å². The number of rotatable bonds is 4. The number of allylic oxidation sites excluding steroid dienone is 8. The zero-order valence-electron chi connectivity index (χ0n) is 16.5. The Morgan fingerprint density at radius 2 is 1.00 bits per heavy atom. The Kier molecular flexibility index (Phi) is 7.36. The van der Waals surface area contributed by atoms with Gasteiger partial charge in [-0.3, -0.25) is 0 Å². The van der Waals surface area contributed by atoms with Gasteiger partial charge in [0.15, 0.2) is 0 Å². The quantitative estimate of drug-likeness (QED) is 0.338. The Morgan fingerprint density at radius 3 is 1.36 bits per heavy atom. The monoisotopic (exact) mass is 594 g/mol. The first-order chi connectivity index (χ1) is 12.4. The molecule has 0 amide bonds. The normalized spacial score (nSPS) is 16.2. The van der Waals surface area contributed by atoms with Crippen molar-refractivity contribution in [1.82, 2.24) is 0 Å². The molecule has 28 heavy (non-hydrogen) atoms. The van der Waals surface area contributed by atoms with E-state index in [4.69, 9.17) is 0 Å². The molecule has 0 aliphatic heterocycles. The molecule has 0 N–H and O–H groups in total. The third-order valence-corrected chi connectivity index (χ3v) is 30.8. The van der Waals surface area contributed by atoms with Crippen LogP contribution in [0, 0.1) is 0 Å². The molecule has 0 bridgehead atoms. The minimum absolute atomic E-state index is 0. The first kappa shape index (κ1) is 23.3. The van der Waals surface area contributed by atoms with Gasteiger partial charge in [0.25, 0.3) is 0 Å². The van der Waals surface area contributed by atoms with E-state index in [0.717, 1.165) is 12.8 Å². The molecule has 2 aromatic rings. The summed E-state index contributed by atoms with van der Waals surface area (Å²) < 4.78 is 8.70. The third-order valence-electron chi connectivity index (χ3n) is 6.02. The standard InChI is InChI=1S/2C11H9.2CH3.2ClH.Hf.H2Si/c2*1-2-6-10(7-3-1)11-8-4-5-9-11;;;;;;/h2*1-3,6-9H,4H2;2*1H3;2*1H;;1H2. The van der Waals surface area contributed by atoms with Gasteiger partial charge in [-0.2, -0.15) is 0 Å². The Balaban J connectivity index is 0.00000140. The fraction of sp³-hybridized carbons (Fsp3) is 0.167. The SMILES string of the molecule is Cl.Cl.[CH3][Hf]([CH3])(=[SiH2])([C]1=CC(c2ccccc2)=CC1)[C]1=CC(c2ccccc2)=CC1. The van der Waals surface area contributed by atoms with Crippen molar-refractivity contribution in [1.29, 1.82) is 0 Å². The molecular formula is C24H28Cl2HfSi. The van der Waals surface area contributed by atoms with Gasteiger partial charge in [0.2, 0.25) is 0 Å². The summed E-state index contributed by atoms with van der Waals surface area (Å²) in [5, 5.41) is 0. The second-order valence-electron chi connectivity index (χ2n) is 8.48. The molecule has 0 nitrogen and oxygen atoms in total. The van der Waals surface area contributed by atoms with Gasteiger partial charge >= 0.3 is 160 Å². The van der Waals surface area contributed by atoms with Gasteiger partial charge in [-0.15, -0.1) is 24.8 Å². The van der Waals surface area contributed by atoms with Crippen LogP contribution in [-0.2, 0) is 17.1 Å². The van der Waals surface area contributed by atoms with Gasteiger partial charge < -0.3 is 0 Å². The summed E-state index contributed by atoms with van der Waals surface area (Å²) in [4.78, 5) is 0. The Morgan fingerprint density at radius 1 is 0.643 bits per heavy atom. The van der Waals surface area contributed by atoms with E-state index < -0.39 is 17.1 Å². The van der Waals surface area contributed by atoms with Crippen LogP contribution in [0.4, 0.5) is 0 Å². The summed E-state index contributed by atoms with van der Waals surface area (Å²) in [7, 11) is 0. The summed E-state index contributed by atoms with van der Waals surface area (Å²) in [6.45, 7) is 2.35. The average molecular weight is 594 g/mol. The first-order valence-corrected chi connectivity index (χ1v) is 28.5. The molecule has 4 heteroatoms. The predicted octanol–water partition coefficient (Wildman–Crippen LogP) is 6.91. The van der Waals surface area contributed by atoms with Gasteiger partial charge in [-0.05, 0) is 0 Å². The predicted molar refractivity (Wildman–Crippen MR) is 129 cm³/mol. The zero-order valence-corrected chi connectivity index (χ0v) is 23.2. The number of halogens is 2. The van der Waals surface area contributed by atoms with Crippen molar-refractivity contribution in [3.8, 4) is 0 Å². The number of hydrogen-bond acceptors (Lipinski definition) is 0. The zero-order chi connectivity index (χ0) is 18.2. The molecule has 146 valence electrons. The third kappa shape index (κ3) is 4.46. The van der Waals surface area contributed by atoms with Gasteiger partial charge in [0.05, 0.1) is 0 Å². The minimum atomic E-state index is -3.18. The fourth-order valence-electron chi connectivity index (χ4n) is 4.04. The van der Waals surface area contributed by atoms with Crippen molar-refractivity contribution in [3.63, 3.8) is 0 Å². The van der Waals surface area contributed by atoms with Crippen LogP contribution in [-0.4, -0.2) is 6.94 Å². The van der Waals surface area contributed by atoms with Crippen molar-refractivity contribution in [2.24, 2.45) is 0 Å². The van der Waals surface area contributed by atoms with Crippen molar-refractivity contribution in [3.05, 3.63) is 103 Å². The molecule has 4 rings (SSSR count). The summed E-state index contributed by atoms with van der Waals surface area (Å²) >= 11 is -3.18. The van der Waals surface area contributed by atoms with Crippen molar-refractivity contribution in [2.75, 3.05) is 0 Å². The maximum absolute atomic E-state index is 3.18. The molecule has 0 saturated heterocycles. The molecule has 2 aliphatic rings. The van der Waals surface area contributed by atoms with E-state index in [-0.39, 0.29) is 24.8 Å². The summed E-state index contributed by atoms with van der Waals surface area (Å²) in [6, 6.07) is 21.6. The molecule has 0 unspecified atom stereocenters. The Labute approximate surface area is 183 Å². The van der Waals surface area contributed by atoms with Crippen molar-refractivity contribution >= 4 is 42.9 Å². The van der Waals surface area contributed by atoms with Crippen LogP contribution in [0.2, 0.25) is 9.36 Å². The van der Waals surface area contributed by atoms with E-state index in [1.165, 1.54) is 22.3 Å². The van der Waals surface area contributed by atoms with Crippen LogP contribution in [0.3, 0.4) is 0 Å². The molecular weight excluding hydrogens is 566 g/mol. The van der Waals surface area contributed by atoms with Gasteiger partial charge in [0.1, 0.15) is 0 Å². The summed E-state index contributed by atoms with van der Waals surface area (Å²) in [5.41, 5.74) is 5.52. The van der Waals surface area contributed by atoms with Crippen LogP contribution in [0.1, 0.15) is 24.0 Å². The van der Waals surface area contributed by atoms with E-state index in [9.17, 15) is 0 Å². The second kappa shape index (κ2) is 8.83. The van der Waals surface area contributed by atoms with Gasteiger partial charge in [-0.25, -0.2) is 0 Å². The number of hydrogen-bond donors (Lipinski definition) is 0. The van der Waals surface area contributed by atoms with Crippen molar-refractivity contribution < 1.29 is 17.1 Å². The summed E-state index contributed by atoms with van der Waals surface area (Å²) in [6.07, 6.45) is 12.2. The summed E-state index contributed by atoms with van der Waals surface area (Å²) in [5.74, 6) is 0. The van der Waals surface area contributed by atoms with E-state index in [1.54, 1.807) is 6.66 Å². The molecule has 0 radical (unpaired) electrons. The molecule has 0 heterocycles. The average Bonchev–Trinajstić information content (AvgIpc) is 3.34. The van der Waals surface area contributed by atoms with Gasteiger partial charge in [0, 0.05) is 0 Å². The molecule has 0 fully saturated rings. The second-order valence-corrected chi connectivity index (χ2v) is 49.8. The molecule has 0 atom stereocenters. The maximum atomic E-state index is 2.62. The number of benzene rings is 2.